The van der Waals surface area contributed by atoms with Crippen molar-refractivity contribution in [1.82, 2.24) is 0 Å². The van der Waals surface area contributed by atoms with Crippen LogP contribution in [0.4, 0.5) is 8.78 Å². The summed E-state index contributed by atoms with van der Waals surface area (Å²) in [5.41, 5.74) is 4.51. The molecule has 3 aromatic carbocycles. The molecule has 0 radical (unpaired) electrons. The normalized spacial score (nSPS) is 10.2. The first-order chi connectivity index (χ1) is 16.6. The second-order valence-electron chi connectivity index (χ2n) is 8.60. The molecule has 0 spiro atoms. The van der Waals surface area contributed by atoms with Gasteiger partial charge in [0.05, 0.1) is 0 Å². The summed E-state index contributed by atoms with van der Waals surface area (Å²) in [6.07, 6.45) is 8.09. The molecule has 0 aliphatic rings. The molecule has 0 nitrogen and oxygen atoms in total. The van der Waals surface area contributed by atoms with E-state index in [4.69, 9.17) is 0 Å². The minimum Gasteiger partial charge on any atom is -0.207 e. The van der Waals surface area contributed by atoms with E-state index in [9.17, 15) is 8.78 Å². The lowest BCUT2D eigenvalue weighted by atomic mass is 10.0. The molecule has 0 amide bonds. The fourth-order valence-corrected chi connectivity index (χ4v) is 3.69. The predicted octanol–water partition coefficient (Wildman–Crippen LogP) is 8.23. The van der Waals surface area contributed by atoms with Crippen LogP contribution < -0.4 is 0 Å². The van der Waals surface area contributed by atoms with E-state index < -0.39 is 0 Å². The van der Waals surface area contributed by atoms with Crippen LogP contribution in [0.25, 0.3) is 0 Å². The highest BCUT2D eigenvalue weighted by Crippen LogP contribution is 2.15. The minimum absolute atomic E-state index is 0.177. The van der Waals surface area contributed by atoms with Gasteiger partial charge in [0.2, 0.25) is 0 Å². The van der Waals surface area contributed by atoms with Gasteiger partial charge in [-0.1, -0.05) is 75.3 Å². The van der Waals surface area contributed by atoms with Crippen LogP contribution in [0.5, 0.6) is 0 Å². The minimum atomic E-state index is -0.188. The highest BCUT2D eigenvalue weighted by Gasteiger charge is 2.03. The molecule has 3 aromatic rings. The van der Waals surface area contributed by atoms with Crippen molar-refractivity contribution in [2.24, 2.45) is 0 Å². The van der Waals surface area contributed by atoms with Crippen molar-refractivity contribution in [2.75, 3.05) is 0 Å². The third kappa shape index (κ3) is 7.90. The van der Waals surface area contributed by atoms with Crippen molar-refractivity contribution in [3.05, 3.63) is 106 Å². The standard InChI is InChI=1S/C32H32F2/c1-3-5-7-8-10-30-22-20-28(24-32(30)34)18-16-26-13-11-25(12-14-26)15-17-27-19-21-29(9-6-4-2)31(33)23-27/h11-14,19-24H,3-10H2,1-2H3. The van der Waals surface area contributed by atoms with Gasteiger partial charge in [-0.05, 0) is 85.3 Å². The van der Waals surface area contributed by atoms with Gasteiger partial charge in [-0.25, -0.2) is 8.78 Å². The maximum atomic E-state index is 14.4. The first-order valence-electron chi connectivity index (χ1n) is 12.3. The zero-order valence-electron chi connectivity index (χ0n) is 20.2. The van der Waals surface area contributed by atoms with Gasteiger partial charge in [0.15, 0.2) is 0 Å². The van der Waals surface area contributed by atoms with Crippen LogP contribution in [-0.4, -0.2) is 0 Å². The zero-order chi connectivity index (χ0) is 24.2. The van der Waals surface area contributed by atoms with Gasteiger partial charge in [0.25, 0.3) is 0 Å². The predicted molar refractivity (Wildman–Crippen MR) is 138 cm³/mol. The van der Waals surface area contributed by atoms with Gasteiger partial charge in [-0.2, -0.15) is 0 Å². The number of aryl methyl sites for hydroxylation is 2. The van der Waals surface area contributed by atoms with Crippen LogP contribution in [0.15, 0.2) is 60.7 Å². The number of halogens is 2. The Morgan fingerprint density at radius 2 is 0.912 bits per heavy atom. The van der Waals surface area contributed by atoms with Crippen molar-refractivity contribution in [3.8, 4) is 23.7 Å². The first kappa shape index (κ1) is 25.3. The number of rotatable bonds is 8. The summed E-state index contributed by atoms with van der Waals surface area (Å²) in [7, 11) is 0. The Hall–Kier alpha value is -3.36. The van der Waals surface area contributed by atoms with E-state index in [-0.39, 0.29) is 11.6 Å². The smallest absolute Gasteiger partial charge is 0.127 e. The molecule has 0 N–H and O–H groups in total. The summed E-state index contributed by atoms with van der Waals surface area (Å²) in [5, 5.41) is 0. The quantitative estimate of drug-likeness (QED) is 0.237. The number of unbranched alkanes of at least 4 members (excludes halogenated alkanes) is 4. The monoisotopic (exact) mass is 454 g/mol. The first-order valence-corrected chi connectivity index (χ1v) is 12.3. The second kappa shape index (κ2) is 13.4. The Kier molecular flexibility index (Phi) is 9.94. The van der Waals surface area contributed by atoms with Crippen molar-refractivity contribution in [2.45, 2.75) is 65.2 Å². The Labute approximate surface area is 203 Å². The second-order valence-corrected chi connectivity index (χ2v) is 8.60. The maximum Gasteiger partial charge on any atom is 0.127 e. The number of hydrogen-bond acceptors (Lipinski definition) is 0. The van der Waals surface area contributed by atoms with Gasteiger partial charge in [-0.15, -0.1) is 0 Å². The lowest BCUT2D eigenvalue weighted by molar-refractivity contribution is 0.593. The van der Waals surface area contributed by atoms with Crippen LogP contribution in [0.2, 0.25) is 0 Å². The summed E-state index contributed by atoms with van der Waals surface area (Å²) in [6.45, 7) is 4.27. The molecule has 174 valence electrons. The summed E-state index contributed by atoms with van der Waals surface area (Å²) in [6, 6.07) is 18.0. The Balaban J connectivity index is 1.61. The van der Waals surface area contributed by atoms with Crippen molar-refractivity contribution < 1.29 is 8.78 Å². The fourth-order valence-electron chi connectivity index (χ4n) is 3.69. The van der Waals surface area contributed by atoms with E-state index in [2.05, 4.69) is 37.5 Å². The summed E-state index contributed by atoms with van der Waals surface area (Å²) in [5.74, 6) is 11.9. The lowest BCUT2D eigenvalue weighted by Gasteiger charge is -2.03. The highest BCUT2D eigenvalue weighted by molar-refractivity contribution is 5.48. The van der Waals surface area contributed by atoms with Gasteiger partial charge in [0, 0.05) is 22.3 Å². The number of benzene rings is 3. The maximum absolute atomic E-state index is 14.4. The average molecular weight is 455 g/mol. The van der Waals surface area contributed by atoms with Crippen LogP contribution in [-0.2, 0) is 12.8 Å². The van der Waals surface area contributed by atoms with E-state index >= 15 is 0 Å². The Morgan fingerprint density at radius 1 is 0.500 bits per heavy atom. The lowest BCUT2D eigenvalue weighted by Crippen LogP contribution is -1.92. The Morgan fingerprint density at radius 3 is 1.35 bits per heavy atom. The average Bonchev–Trinajstić information content (AvgIpc) is 2.85. The highest BCUT2D eigenvalue weighted by atomic mass is 19.1. The van der Waals surface area contributed by atoms with E-state index in [1.807, 2.05) is 48.5 Å². The van der Waals surface area contributed by atoms with Crippen molar-refractivity contribution in [3.63, 3.8) is 0 Å². The molecule has 0 unspecified atom stereocenters. The molecular weight excluding hydrogens is 422 g/mol. The third-order valence-electron chi connectivity index (χ3n) is 5.79. The Bertz CT molecular complexity index is 1200. The van der Waals surface area contributed by atoms with Gasteiger partial charge in [-0.3, -0.25) is 0 Å². The van der Waals surface area contributed by atoms with Gasteiger partial charge < -0.3 is 0 Å². The van der Waals surface area contributed by atoms with Crippen LogP contribution >= 0.6 is 0 Å². The van der Waals surface area contributed by atoms with Crippen molar-refractivity contribution >= 4 is 0 Å². The van der Waals surface area contributed by atoms with Crippen LogP contribution in [0, 0.1) is 35.3 Å². The third-order valence-corrected chi connectivity index (χ3v) is 5.79. The SMILES string of the molecule is CCCCCCc1ccc(C#Cc2ccc(C#Cc3ccc(CCCC)c(F)c3)cc2)cc1F. The molecule has 0 aliphatic carbocycles. The molecule has 0 aliphatic heterocycles. The van der Waals surface area contributed by atoms with E-state index in [0.717, 1.165) is 60.8 Å². The van der Waals surface area contributed by atoms with Gasteiger partial charge in [0.1, 0.15) is 11.6 Å². The molecule has 3 rings (SSSR count). The molecule has 0 fully saturated rings. The summed E-state index contributed by atoms with van der Waals surface area (Å²) in [4.78, 5) is 0. The van der Waals surface area contributed by atoms with Gasteiger partial charge >= 0.3 is 0 Å². The molecule has 2 heteroatoms. The molecule has 0 atom stereocenters. The summed E-state index contributed by atoms with van der Waals surface area (Å²) >= 11 is 0. The van der Waals surface area contributed by atoms with E-state index in [0.29, 0.717) is 11.1 Å². The molecule has 0 saturated heterocycles. The summed E-state index contributed by atoms with van der Waals surface area (Å²) < 4.78 is 28.6. The van der Waals surface area contributed by atoms with E-state index in [1.54, 1.807) is 0 Å². The molecule has 0 aromatic heterocycles. The fraction of sp³-hybridized carbons (Fsp3) is 0.312. The van der Waals surface area contributed by atoms with Crippen LogP contribution in [0.1, 0.15) is 85.8 Å². The largest absolute Gasteiger partial charge is 0.207 e. The van der Waals surface area contributed by atoms with Crippen molar-refractivity contribution in [1.29, 1.82) is 0 Å². The molecule has 0 bridgehead atoms. The van der Waals surface area contributed by atoms with E-state index in [1.165, 1.54) is 25.0 Å². The zero-order valence-corrected chi connectivity index (χ0v) is 20.2. The molecule has 0 heterocycles. The topological polar surface area (TPSA) is 0 Å². The van der Waals surface area contributed by atoms with Crippen LogP contribution in [0.3, 0.4) is 0 Å². The molecular formula is C32H32F2. The molecule has 34 heavy (non-hydrogen) atoms. The molecule has 0 saturated carbocycles. The number of hydrogen-bond donors (Lipinski definition) is 0.